The number of aryl methyl sites for hydroxylation is 2. The van der Waals surface area contributed by atoms with Crippen molar-refractivity contribution in [1.82, 2.24) is 4.98 Å². The van der Waals surface area contributed by atoms with E-state index in [2.05, 4.69) is 41.4 Å². The van der Waals surface area contributed by atoms with E-state index in [1.807, 2.05) is 24.5 Å². The lowest BCUT2D eigenvalue weighted by molar-refractivity contribution is 0.475. The van der Waals surface area contributed by atoms with Crippen LogP contribution in [0.5, 0.6) is 5.75 Å². The van der Waals surface area contributed by atoms with Crippen LogP contribution in [-0.2, 0) is 12.8 Å². The summed E-state index contributed by atoms with van der Waals surface area (Å²) in [4.78, 5) is 4.33. The summed E-state index contributed by atoms with van der Waals surface area (Å²) in [5, 5.41) is 9.75. The summed E-state index contributed by atoms with van der Waals surface area (Å²) < 4.78 is 0. The van der Waals surface area contributed by atoms with E-state index in [0.717, 1.165) is 18.4 Å². The molecule has 0 saturated heterocycles. The van der Waals surface area contributed by atoms with E-state index in [1.54, 1.807) is 12.1 Å². The minimum absolute atomic E-state index is 0.285. The third kappa shape index (κ3) is 2.64. The molecular formula is C21H17NO. The van der Waals surface area contributed by atoms with Gasteiger partial charge >= 0.3 is 0 Å². The molecule has 1 heterocycles. The van der Waals surface area contributed by atoms with Gasteiger partial charge in [-0.3, -0.25) is 4.98 Å². The van der Waals surface area contributed by atoms with E-state index < -0.39 is 0 Å². The Morgan fingerprint density at radius 1 is 0.870 bits per heavy atom. The van der Waals surface area contributed by atoms with Gasteiger partial charge in [-0.1, -0.05) is 36.4 Å². The number of hydrogen-bond acceptors (Lipinski definition) is 2. The summed E-state index contributed by atoms with van der Waals surface area (Å²) in [5.74, 6) is 0.285. The number of benzene rings is 2. The second kappa shape index (κ2) is 5.73. The molecule has 2 aromatic carbocycles. The van der Waals surface area contributed by atoms with Crippen molar-refractivity contribution in [2.24, 2.45) is 0 Å². The highest BCUT2D eigenvalue weighted by atomic mass is 16.3. The van der Waals surface area contributed by atoms with E-state index in [-0.39, 0.29) is 5.75 Å². The number of aromatic nitrogens is 1. The lowest BCUT2D eigenvalue weighted by atomic mass is 9.93. The van der Waals surface area contributed by atoms with Gasteiger partial charge in [-0.2, -0.15) is 0 Å². The Balaban J connectivity index is 1.97. The number of phenolic OH excluding ortho intramolecular Hbond substituents is 1. The molecule has 0 bridgehead atoms. The van der Waals surface area contributed by atoms with Crippen LogP contribution in [0.1, 0.15) is 27.8 Å². The minimum Gasteiger partial charge on any atom is -0.508 e. The molecule has 0 amide bonds. The Labute approximate surface area is 135 Å². The van der Waals surface area contributed by atoms with E-state index in [1.165, 1.54) is 27.8 Å². The standard InChI is InChI=1S/C21H17NO/c23-18-6-3-4-15(12-18)13-20-19-7-2-1-5-16(19)8-9-17-10-11-22-14-21(17)20/h1-7,10-14,23H,8-9H2/b20-13-. The number of pyridine rings is 1. The van der Waals surface area contributed by atoms with E-state index in [9.17, 15) is 5.11 Å². The fraction of sp³-hybridized carbons (Fsp3) is 0.0952. The fourth-order valence-corrected chi connectivity index (χ4v) is 3.24. The molecule has 112 valence electrons. The Morgan fingerprint density at radius 2 is 1.70 bits per heavy atom. The summed E-state index contributed by atoms with van der Waals surface area (Å²) in [6.45, 7) is 0. The molecule has 2 nitrogen and oxygen atoms in total. The first-order valence-corrected chi connectivity index (χ1v) is 7.83. The fourth-order valence-electron chi connectivity index (χ4n) is 3.24. The normalized spacial score (nSPS) is 14.9. The maximum Gasteiger partial charge on any atom is 0.116 e. The first-order chi connectivity index (χ1) is 11.3. The highest BCUT2D eigenvalue weighted by Crippen LogP contribution is 2.34. The van der Waals surface area contributed by atoms with E-state index in [0.29, 0.717) is 0 Å². The molecule has 0 radical (unpaired) electrons. The summed E-state index contributed by atoms with van der Waals surface area (Å²) in [6, 6.07) is 18.0. The zero-order valence-corrected chi connectivity index (χ0v) is 12.7. The first-order valence-electron chi connectivity index (χ1n) is 7.83. The third-order valence-corrected chi connectivity index (χ3v) is 4.35. The van der Waals surface area contributed by atoms with Crippen LogP contribution in [0, 0.1) is 0 Å². The highest BCUT2D eigenvalue weighted by molar-refractivity contribution is 5.93. The largest absolute Gasteiger partial charge is 0.508 e. The maximum absolute atomic E-state index is 9.75. The second-order valence-corrected chi connectivity index (χ2v) is 5.84. The number of phenols is 1. The van der Waals surface area contributed by atoms with Gasteiger partial charge in [-0.05, 0) is 64.9 Å². The molecule has 0 unspecified atom stereocenters. The first kappa shape index (κ1) is 13.8. The van der Waals surface area contributed by atoms with Crippen molar-refractivity contribution in [1.29, 1.82) is 0 Å². The molecule has 0 atom stereocenters. The van der Waals surface area contributed by atoms with Crippen molar-refractivity contribution >= 4 is 11.6 Å². The number of aromatic hydroxyl groups is 1. The quantitative estimate of drug-likeness (QED) is 0.719. The number of nitrogens with zero attached hydrogens (tertiary/aromatic N) is 1. The molecular weight excluding hydrogens is 282 g/mol. The molecule has 3 aromatic rings. The predicted octanol–water partition coefficient (Wildman–Crippen LogP) is 4.47. The van der Waals surface area contributed by atoms with Crippen molar-refractivity contribution in [2.75, 3.05) is 0 Å². The molecule has 1 aliphatic rings. The van der Waals surface area contributed by atoms with Gasteiger partial charge in [0.1, 0.15) is 5.75 Å². The molecule has 4 rings (SSSR count). The van der Waals surface area contributed by atoms with Crippen LogP contribution in [0.3, 0.4) is 0 Å². The molecule has 1 aliphatic carbocycles. The van der Waals surface area contributed by atoms with Gasteiger partial charge < -0.3 is 5.11 Å². The van der Waals surface area contributed by atoms with E-state index in [4.69, 9.17) is 0 Å². The molecule has 23 heavy (non-hydrogen) atoms. The van der Waals surface area contributed by atoms with Gasteiger partial charge in [0, 0.05) is 18.0 Å². The number of fused-ring (bicyclic) bond motifs is 2. The number of rotatable bonds is 1. The Bertz CT molecular complexity index is 846. The third-order valence-electron chi connectivity index (χ3n) is 4.35. The van der Waals surface area contributed by atoms with Crippen LogP contribution in [-0.4, -0.2) is 10.1 Å². The Morgan fingerprint density at radius 3 is 2.57 bits per heavy atom. The van der Waals surface area contributed by atoms with Gasteiger partial charge in [0.2, 0.25) is 0 Å². The topological polar surface area (TPSA) is 33.1 Å². The average molecular weight is 299 g/mol. The molecule has 1 N–H and O–H groups in total. The maximum atomic E-state index is 9.75. The molecule has 0 saturated carbocycles. The van der Waals surface area contributed by atoms with Gasteiger partial charge in [0.15, 0.2) is 0 Å². The number of hydrogen-bond donors (Lipinski definition) is 1. The van der Waals surface area contributed by atoms with Crippen molar-refractivity contribution in [3.63, 3.8) is 0 Å². The lowest BCUT2D eigenvalue weighted by Crippen LogP contribution is -1.93. The average Bonchev–Trinajstić information content (AvgIpc) is 2.73. The van der Waals surface area contributed by atoms with Crippen LogP contribution < -0.4 is 0 Å². The monoisotopic (exact) mass is 299 g/mol. The molecule has 0 aliphatic heterocycles. The summed E-state index contributed by atoms with van der Waals surface area (Å²) >= 11 is 0. The summed E-state index contributed by atoms with van der Waals surface area (Å²) in [5.41, 5.74) is 7.28. The Hall–Kier alpha value is -2.87. The van der Waals surface area contributed by atoms with Crippen molar-refractivity contribution < 1.29 is 5.11 Å². The van der Waals surface area contributed by atoms with Gasteiger partial charge in [-0.15, -0.1) is 0 Å². The van der Waals surface area contributed by atoms with Gasteiger partial charge in [0.25, 0.3) is 0 Å². The van der Waals surface area contributed by atoms with Crippen LogP contribution in [0.4, 0.5) is 0 Å². The second-order valence-electron chi connectivity index (χ2n) is 5.84. The SMILES string of the molecule is Oc1cccc(/C=C2/c3ccccc3CCc3ccncc32)c1. The lowest BCUT2D eigenvalue weighted by Gasteiger charge is -2.11. The molecule has 0 spiro atoms. The van der Waals surface area contributed by atoms with Crippen LogP contribution in [0.15, 0.2) is 67.0 Å². The zero-order valence-electron chi connectivity index (χ0n) is 12.7. The zero-order chi connectivity index (χ0) is 15.6. The van der Waals surface area contributed by atoms with Crippen molar-refractivity contribution in [3.8, 4) is 5.75 Å². The highest BCUT2D eigenvalue weighted by Gasteiger charge is 2.17. The van der Waals surface area contributed by atoms with Crippen molar-refractivity contribution in [3.05, 3.63) is 94.8 Å². The Kier molecular flexibility index (Phi) is 3.43. The van der Waals surface area contributed by atoms with Gasteiger partial charge in [0.05, 0.1) is 0 Å². The van der Waals surface area contributed by atoms with Crippen molar-refractivity contribution in [2.45, 2.75) is 12.8 Å². The summed E-state index contributed by atoms with van der Waals surface area (Å²) in [7, 11) is 0. The van der Waals surface area contributed by atoms with E-state index >= 15 is 0 Å². The minimum atomic E-state index is 0.285. The molecule has 2 heteroatoms. The van der Waals surface area contributed by atoms with Crippen LogP contribution >= 0.6 is 0 Å². The molecule has 1 aromatic heterocycles. The predicted molar refractivity (Wildman–Crippen MR) is 93.2 cm³/mol. The smallest absolute Gasteiger partial charge is 0.116 e. The molecule has 0 fully saturated rings. The van der Waals surface area contributed by atoms with Gasteiger partial charge in [-0.25, -0.2) is 0 Å². The van der Waals surface area contributed by atoms with Crippen LogP contribution in [0.2, 0.25) is 0 Å². The summed E-state index contributed by atoms with van der Waals surface area (Å²) in [6.07, 6.45) is 8.01. The van der Waals surface area contributed by atoms with Crippen LogP contribution in [0.25, 0.3) is 11.6 Å².